The fourth-order valence-electron chi connectivity index (χ4n) is 3.85. The largest absolute Gasteiger partial charge is 0.314 e. The maximum atomic E-state index is 11.5. The van der Waals surface area contributed by atoms with Crippen LogP contribution in [0.2, 0.25) is 0 Å². The molecule has 1 N–H and O–H groups in total. The van der Waals surface area contributed by atoms with Crippen molar-refractivity contribution in [2.45, 2.75) is 59.4 Å². The van der Waals surface area contributed by atoms with Crippen molar-refractivity contribution in [2.75, 3.05) is 6.54 Å². The summed E-state index contributed by atoms with van der Waals surface area (Å²) >= 11 is 0. The average molecular weight is 277 g/mol. The zero-order chi connectivity index (χ0) is 15.3. The molecule has 1 saturated carbocycles. The third kappa shape index (κ3) is 3.60. The van der Waals surface area contributed by atoms with E-state index in [1.165, 1.54) is 5.57 Å². The van der Waals surface area contributed by atoms with E-state index < -0.39 is 0 Å². The van der Waals surface area contributed by atoms with E-state index in [2.05, 4.69) is 39.2 Å². The van der Waals surface area contributed by atoms with Gasteiger partial charge in [-0.3, -0.25) is 0 Å². The van der Waals surface area contributed by atoms with E-state index in [0.29, 0.717) is 17.9 Å². The lowest BCUT2D eigenvalue weighted by Crippen LogP contribution is -2.41. The Morgan fingerprint density at radius 1 is 1.35 bits per heavy atom. The van der Waals surface area contributed by atoms with E-state index in [0.717, 1.165) is 44.1 Å². The Labute approximate surface area is 124 Å². The molecule has 0 aliphatic heterocycles. The first-order valence-electron chi connectivity index (χ1n) is 7.89. The number of allylic oxidation sites excluding steroid dienone is 1. The normalized spacial score (nSPS) is 29.5. The van der Waals surface area contributed by atoms with Gasteiger partial charge in [-0.1, -0.05) is 31.2 Å². The summed E-state index contributed by atoms with van der Waals surface area (Å²) in [6.45, 7) is 17.7. The van der Waals surface area contributed by atoms with Crippen LogP contribution < -0.4 is 5.32 Å². The standard InChI is InChI=1S/C18H31NO/c1-7-19-15(6)17(13(2)3)16-8-10-18(12-20,11-9-16)14(4)5/h12,15-17,19H,2,4,7-11H2,1,3,5-6H3/t15?,16-,17?,18-. The lowest BCUT2D eigenvalue weighted by atomic mass is 9.64. The molecular weight excluding hydrogens is 246 g/mol. The number of hydrogen-bond donors (Lipinski definition) is 1. The van der Waals surface area contributed by atoms with Gasteiger partial charge in [-0.2, -0.15) is 0 Å². The molecule has 1 aliphatic rings. The molecule has 0 heterocycles. The summed E-state index contributed by atoms with van der Waals surface area (Å²) in [7, 11) is 0. The predicted octanol–water partition coefficient (Wildman–Crippen LogP) is 4.13. The highest BCUT2D eigenvalue weighted by molar-refractivity contribution is 5.64. The van der Waals surface area contributed by atoms with Crippen LogP contribution in [0.5, 0.6) is 0 Å². The molecule has 2 atom stereocenters. The fourth-order valence-corrected chi connectivity index (χ4v) is 3.85. The Morgan fingerprint density at radius 3 is 2.25 bits per heavy atom. The summed E-state index contributed by atoms with van der Waals surface area (Å²) in [6, 6.07) is 0.455. The summed E-state index contributed by atoms with van der Waals surface area (Å²) in [5, 5.41) is 3.53. The zero-order valence-corrected chi connectivity index (χ0v) is 13.7. The van der Waals surface area contributed by atoms with Crippen molar-refractivity contribution in [3.8, 4) is 0 Å². The van der Waals surface area contributed by atoms with E-state index in [4.69, 9.17) is 0 Å². The van der Waals surface area contributed by atoms with Gasteiger partial charge in [-0.25, -0.2) is 0 Å². The number of hydrogen-bond acceptors (Lipinski definition) is 2. The van der Waals surface area contributed by atoms with Crippen molar-refractivity contribution in [1.29, 1.82) is 0 Å². The summed E-state index contributed by atoms with van der Waals surface area (Å²) in [5.41, 5.74) is 2.02. The zero-order valence-electron chi connectivity index (χ0n) is 13.7. The van der Waals surface area contributed by atoms with Gasteiger partial charge in [-0.15, -0.1) is 0 Å². The van der Waals surface area contributed by atoms with Crippen molar-refractivity contribution >= 4 is 6.29 Å². The number of nitrogens with one attached hydrogen (secondary N) is 1. The van der Waals surface area contributed by atoms with Crippen molar-refractivity contribution < 1.29 is 4.79 Å². The van der Waals surface area contributed by atoms with Crippen molar-refractivity contribution in [3.63, 3.8) is 0 Å². The van der Waals surface area contributed by atoms with Crippen LogP contribution in [0.15, 0.2) is 24.3 Å². The lowest BCUT2D eigenvalue weighted by Gasteiger charge is -2.41. The molecule has 1 fully saturated rings. The molecule has 0 bridgehead atoms. The van der Waals surface area contributed by atoms with Crippen molar-refractivity contribution in [3.05, 3.63) is 24.3 Å². The Hall–Kier alpha value is -0.890. The van der Waals surface area contributed by atoms with Gasteiger partial charge in [0.1, 0.15) is 6.29 Å². The summed E-state index contributed by atoms with van der Waals surface area (Å²) < 4.78 is 0. The molecule has 0 aromatic carbocycles. The quantitative estimate of drug-likeness (QED) is 0.560. The molecule has 0 aromatic heterocycles. The SMILES string of the molecule is C=C(C)C(C(C)NCC)[C@H]1CC[C@](C=O)(C(=C)C)CC1. The molecule has 0 spiro atoms. The van der Waals surface area contributed by atoms with Gasteiger partial charge >= 0.3 is 0 Å². The highest BCUT2D eigenvalue weighted by Crippen LogP contribution is 2.45. The number of carbonyl (C=O) groups excluding carboxylic acids is 1. The molecule has 1 aliphatic carbocycles. The highest BCUT2D eigenvalue weighted by atomic mass is 16.1. The first-order valence-corrected chi connectivity index (χ1v) is 7.89. The second-order valence-corrected chi connectivity index (χ2v) is 6.61. The number of aldehydes is 1. The minimum absolute atomic E-state index is 0.266. The third-order valence-corrected chi connectivity index (χ3v) is 5.14. The molecule has 1 rings (SSSR count). The monoisotopic (exact) mass is 277 g/mol. The van der Waals surface area contributed by atoms with Gasteiger partial charge in [0.2, 0.25) is 0 Å². The van der Waals surface area contributed by atoms with Crippen LogP contribution in [0.3, 0.4) is 0 Å². The van der Waals surface area contributed by atoms with E-state index in [1.54, 1.807) is 0 Å². The molecule has 0 radical (unpaired) electrons. The van der Waals surface area contributed by atoms with E-state index in [-0.39, 0.29) is 5.41 Å². The van der Waals surface area contributed by atoms with Crippen LogP contribution in [0.25, 0.3) is 0 Å². The Bertz CT molecular complexity index is 364. The smallest absolute Gasteiger partial charge is 0.130 e. The first kappa shape index (κ1) is 17.2. The van der Waals surface area contributed by atoms with Crippen LogP contribution in [0.4, 0.5) is 0 Å². The topological polar surface area (TPSA) is 29.1 Å². The van der Waals surface area contributed by atoms with Gasteiger partial charge in [0.05, 0.1) is 0 Å². The number of rotatable bonds is 7. The number of carbonyl (C=O) groups is 1. The summed E-state index contributed by atoms with van der Waals surface area (Å²) in [6.07, 6.45) is 5.21. The first-order chi connectivity index (χ1) is 9.38. The maximum Gasteiger partial charge on any atom is 0.130 e. The molecule has 2 unspecified atom stereocenters. The van der Waals surface area contributed by atoms with E-state index in [1.807, 2.05) is 6.92 Å². The Balaban J connectivity index is 2.77. The van der Waals surface area contributed by atoms with Crippen LogP contribution in [-0.2, 0) is 4.79 Å². The van der Waals surface area contributed by atoms with E-state index >= 15 is 0 Å². The summed E-state index contributed by atoms with van der Waals surface area (Å²) in [5.74, 6) is 1.14. The lowest BCUT2D eigenvalue weighted by molar-refractivity contribution is -0.116. The van der Waals surface area contributed by atoms with Crippen LogP contribution in [0.1, 0.15) is 53.4 Å². The molecular formula is C18H31NO. The Morgan fingerprint density at radius 2 is 1.90 bits per heavy atom. The minimum atomic E-state index is -0.266. The molecule has 0 amide bonds. The van der Waals surface area contributed by atoms with Gasteiger partial charge < -0.3 is 10.1 Å². The Kier molecular flexibility index (Phi) is 6.19. The molecule has 20 heavy (non-hydrogen) atoms. The van der Waals surface area contributed by atoms with Crippen molar-refractivity contribution in [1.82, 2.24) is 5.32 Å². The van der Waals surface area contributed by atoms with Crippen LogP contribution >= 0.6 is 0 Å². The van der Waals surface area contributed by atoms with Gasteiger partial charge in [0.15, 0.2) is 0 Å². The fraction of sp³-hybridized carbons (Fsp3) is 0.722. The molecule has 0 aromatic rings. The third-order valence-electron chi connectivity index (χ3n) is 5.14. The minimum Gasteiger partial charge on any atom is -0.314 e. The van der Waals surface area contributed by atoms with Gasteiger partial charge in [0, 0.05) is 11.5 Å². The second kappa shape index (κ2) is 7.21. The summed E-state index contributed by atoms with van der Waals surface area (Å²) in [4.78, 5) is 11.5. The van der Waals surface area contributed by atoms with Gasteiger partial charge in [0.25, 0.3) is 0 Å². The average Bonchev–Trinajstić information content (AvgIpc) is 2.39. The second-order valence-electron chi connectivity index (χ2n) is 6.61. The highest BCUT2D eigenvalue weighted by Gasteiger charge is 2.39. The van der Waals surface area contributed by atoms with Gasteiger partial charge in [-0.05, 0) is 64.8 Å². The predicted molar refractivity (Wildman–Crippen MR) is 86.7 cm³/mol. The van der Waals surface area contributed by atoms with Crippen LogP contribution in [0, 0.1) is 17.3 Å². The van der Waals surface area contributed by atoms with Crippen molar-refractivity contribution in [2.24, 2.45) is 17.3 Å². The van der Waals surface area contributed by atoms with E-state index in [9.17, 15) is 4.79 Å². The molecule has 2 nitrogen and oxygen atoms in total. The van der Waals surface area contributed by atoms with Crippen LogP contribution in [-0.4, -0.2) is 18.9 Å². The molecule has 114 valence electrons. The molecule has 2 heteroatoms. The maximum absolute atomic E-state index is 11.5. The molecule has 0 saturated heterocycles.